The zero-order valence-corrected chi connectivity index (χ0v) is 13.7. The minimum atomic E-state index is 0.218. The van der Waals surface area contributed by atoms with Crippen molar-refractivity contribution in [2.75, 3.05) is 6.54 Å². The first-order valence-electron chi connectivity index (χ1n) is 7.06. The summed E-state index contributed by atoms with van der Waals surface area (Å²) in [6, 6.07) is 13.4. The number of halogens is 2. The lowest BCUT2D eigenvalue weighted by Gasteiger charge is -2.18. The van der Waals surface area contributed by atoms with Gasteiger partial charge < -0.3 is 10.1 Å². The van der Waals surface area contributed by atoms with Crippen LogP contribution < -0.4 is 10.1 Å². The molecule has 0 amide bonds. The van der Waals surface area contributed by atoms with Crippen molar-refractivity contribution in [2.45, 2.75) is 26.3 Å². The predicted octanol–water partition coefficient (Wildman–Crippen LogP) is 5.85. The van der Waals surface area contributed by atoms with Crippen LogP contribution in [0, 0.1) is 0 Å². The van der Waals surface area contributed by atoms with E-state index in [-0.39, 0.29) is 6.04 Å². The molecule has 2 rings (SSSR count). The van der Waals surface area contributed by atoms with Gasteiger partial charge in [0.05, 0.1) is 0 Å². The summed E-state index contributed by atoms with van der Waals surface area (Å²) in [5.41, 5.74) is 1.11. The maximum absolute atomic E-state index is 6.01. The third-order valence-corrected chi connectivity index (χ3v) is 3.59. The lowest BCUT2D eigenvalue weighted by molar-refractivity contribution is 0.461. The third-order valence-electron chi connectivity index (χ3n) is 3.15. The fraction of sp³-hybridized carbons (Fsp3) is 0.294. The maximum atomic E-state index is 6.01. The first kappa shape index (κ1) is 16.2. The largest absolute Gasteiger partial charge is 0.457 e. The Morgan fingerprint density at radius 2 is 1.76 bits per heavy atom. The van der Waals surface area contributed by atoms with Crippen molar-refractivity contribution in [1.82, 2.24) is 5.32 Å². The third kappa shape index (κ3) is 4.63. The van der Waals surface area contributed by atoms with Crippen LogP contribution in [0.4, 0.5) is 0 Å². The van der Waals surface area contributed by atoms with E-state index in [0.29, 0.717) is 15.8 Å². The molecule has 0 saturated heterocycles. The van der Waals surface area contributed by atoms with E-state index in [0.717, 1.165) is 24.3 Å². The molecule has 21 heavy (non-hydrogen) atoms. The molecule has 2 aromatic carbocycles. The SMILES string of the molecule is CCCNC(C)c1ccccc1Oc1cc(Cl)cc(Cl)c1. The number of para-hydroxylation sites is 1. The fourth-order valence-corrected chi connectivity index (χ4v) is 2.62. The molecule has 0 aliphatic rings. The standard InChI is InChI=1S/C17H19Cl2NO/c1-3-8-20-12(2)16-6-4-5-7-17(16)21-15-10-13(18)9-14(19)11-15/h4-7,9-12,20H,3,8H2,1-2H3. The number of nitrogens with one attached hydrogen (secondary N) is 1. The zero-order valence-electron chi connectivity index (χ0n) is 12.2. The summed E-state index contributed by atoms with van der Waals surface area (Å²) < 4.78 is 5.96. The molecule has 112 valence electrons. The summed E-state index contributed by atoms with van der Waals surface area (Å²) >= 11 is 12.0. The van der Waals surface area contributed by atoms with Crippen LogP contribution in [-0.2, 0) is 0 Å². The van der Waals surface area contributed by atoms with Crippen LogP contribution in [0.25, 0.3) is 0 Å². The van der Waals surface area contributed by atoms with Gasteiger partial charge in [0, 0.05) is 21.7 Å². The molecule has 0 heterocycles. The summed E-state index contributed by atoms with van der Waals surface area (Å²) in [5, 5.41) is 4.59. The van der Waals surface area contributed by atoms with E-state index in [4.69, 9.17) is 27.9 Å². The Morgan fingerprint density at radius 1 is 1.10 bits per heavy atom. The molecule has 0 aliphatic carbocycles. The van der Waals surface area contributed by atoms with Crippen molar-refractivity contribution in [1.29, 1.82) is 0 Å². The molecule has 1 atom stereocenters. The molecular formula is C17H19Cl2NO. The summed E-state index contributed by atoms with van der Waals surface area (Å²) in [6.07, 6.45) is 1.09. The highest BCUT2D eigenvalue weighted by molar-refractivity contribution is 6.34. The van der Waals surface area contributed by atoms with Crippen LogP contribution in [0.1, 0.15) is 31.9 Å². The second kappa shape index (κ2) is 7.69. The number of hydrogen-bond donors (Lipinski definition) is 1. The topological polar surface area (TPSA) is 21.3 Å². The van der Waals surface area contributed by atoms with E-state index in [1.54, 1.807) is 18.2 Å². The molecule has 1 N–H and O–H groups in total. The molecular weight excluding hydrogens is 305 g/mol. The molecule has 0 fully saturated rings. The van der Waals surface area contributed by atoms with Crippen molar-refractivity contribution in [3.8, 4) is 11.5 Å². The van der Waals surface area contributed by atoms with Gasteiger partial charge in [-0.2, -0.15) is 0 Å². The molecule has 2 aromatic rings. The van der Waals surface area contributed by atoms with Gasteiger partial charge in [0.2, 0.25) is 0 Å². The first-order valence-corrected chi connectivity index (χ1v) is 7.82. The Hall–Kier alpha value is -1.22. The lowest BCUT2D eigenvalue weighted by Crippen LogP contribution is -2.19. The molecule has 0 bridgehead atoms. The highest BCUT2D eigenvalue weighted by Gasteiger charge is 2.11. The smallest absolute Gasteiger partial charge is 0.132 e. The lowest BCUT2D eigenvalue weighted by atomic mass is 10.1. The van der Waals surface area contributed by atoms with Gasteiger partial charge in [0.25, 0.3) is 0 Å². The molecule has 0 spiro atoms. The van der Waals surface area contributed by atoms with Gasteiger partial charge in [-0.15, -0.1) is 0 Å². The van der Waals surface area contributed by atoms with Crippen molar-refractivity contribution in [2.24, 2.45) is 0 Å². The normalized spacial score (nSPS) is 12.2. The Bertz CT molecular complexity index is 581. The van der Waals surface area contributed by atoms with Gasteiger partial charge in [-0.3, -0.25) is 0 Å². The van der Waals surface area contributed by atoms with E-state index in [9.17, 15) is 0 Å². The Labute approximate surface area is 136 Å². The molecule has 0 aromatic heterocycles. The number of benzene rings is 2. The summed E-state index contributed by atoms with van der Waals surface area (Å²) in [5.74, 6) is 1.45. The second-order valence-corrected chi connectivity index (χ2v) is 5.79. The fourth-order valence-electron chi connectivity index (χ4n) is 2.12. The Morgan fingerprint density at radius 3 is 2.43 bits per heavy atom. The Balaban J connectivity index is 2.23. The summed E-state index contributed by atoms with van der Waals surface area (Å²) in [6.45, 7) is 5.25. The van der Waals surface area contributed by atoms with Gasteiger partial charge >= 0.3 is 0 Å². The van der Waals surface area contributed by atoms with Crippen LogP contribution in [0.15, 0.2) is 42.5 Å². The van der Waals surface area contributed by atoms with E-state index in [2.05, 4.69) is 25.2 Å². The van der Waals surface area contributed by atoms with Crippen molar-refractivity contribution < 1.29 is 4.74 Å². The van der Waals surface area contributed by atoms with Gasteiger partial charge in [-0.25, -0.2) is 0 Å². The van der Waals surface area contributed by atoms with Gasteiger partial charge in [0.15, 0.2) is 0 Å². The molecule has 0 radical (unpaired) electrons. The van der Waals surface area contributed by atoms with E-state index in [1.165, 1.54) is 0 Å². The average Bonchev–Trinajstić information content (AvgIpc) is 2.44. The minimum Gasteiger partial charge on any atom is -0.457 e. The average molecular weight is 324 g/mol. The predicted molar refractivity (Wildman–Crippen MR) is 89.7 cm³/mol. The quantitative estimate of drug-likeness (QED) is 0.720. The van der Waals surface area contributed by atoms with E-state index < -0.39 is 0 Å². The van der Waals surface area contributed by atoms with Crippen molar-refractivity contribution in [3.05, 3.63) is 58.1 Å². The Kier molecular flexibility index (Phi) is 5.92. The maximum Gasteiger partial charge on any atom is 0.132 e. The first-order chi connectivity index (χ1) is 10.1. The molecule has 2 nitrogen and oxygen atoms in total. The van der Waals surface area contributed by atoms with Crippen LogP contribution >= 0.6 is 23.2 Å². The van der Waals surface area contributed by atoms with Crippen LogP contribution in [0.2, 0.25) is 10.0 Å². The summed E-state index contributed by atoms with van der Waals surface area (Å²) in [4.78, 5) is 0. The molecule has 1 unspecified atom stereocenters. The van der Waals surface area contributed by atoms with Crippen LogP contribution in [0.3, 0.4) is 0 Å². The van der Waals surface area contributed by atoms with Gasteiger partial charge in [0.1, 0.15) is 11.5 Å². The highest BCUT2D eigenvalue weighted by atomic mass is 35.5. The molecule has 0 aliphatic heterocycles. The monoisotopic (exact) mass is 323 g/mol. The van der Waals surface area contributed by atoms with Crippen molar-refractivity contribution in [3.63, 3.8) is 0 Å². The number of hydrogen-bond acceptors (Lipinski definition) is 2. The second-order valence-electron chi connectivity index (χ2n) is 4.92. The molecule has 4 heteroatoms. The highest BCUT2D eigenvalue weighted by Crippen LogP contribution is 2.32. The molecule has 0 saturated carbocycles. The van der Waals surface area contributed by atoms with Crippen LogP contribution in [0.5, 0.6) is 11.5 Å². The minimum absolute atomic E-state index is 0.218. The van der Waals surface area contributed by atoms with Gasteiger partial charge in [-0.1, -0.05) is 48.3 Å². The number of rotatable bonds is 6. The van der Waals surface area contributed by atoms with Crippen LogP contribution in [-0.4, -0.2) is 6.54 Å². The van der Waals surface area contributed by atoms with Crippen molar-refractivity contribution >= 4 is 23.2 Å². The van der Waals surface area contributed by atoms with E-state index in [1.807, 2.05) is 18.2 Å². The number of ether oxygens (including phenoxy) is 1. The van der Waals surface area contributed by atoms with Gasteiger partial charge in [-0.05, 0) is 44.2 Å². The van der Waals surface area contributed by atoms with E-state index >= 15 is 0 Å². The zero-order chi connectivity index (χ0) is 15.2. The summed E-state index contributed by atoms with van der Waals surface area (Å²) in [7, 11) is 0.